The molecule has 5 nitrogen and oxygen atoms in total. The smallest absolute Gasteiger partial charge is 0.258 e. The van der Waals surface area contributed by atoms with Gasteiger partial charge >= 0.3 is 0 Å². The molecule has 0 aliphatic heterocycles. The minimum atomic E-state index is -0.183. The van der Waals surface area contributed by atoms with Crippen LogP contribution in [0.25, 0.3) is 10.9 Å². The van der Waals surface area contributed by atoms with Gasteiger partial charge in [-0.25, -0.2) is 0 Å². The molecule has 2 aromatic carbocycles. The number of nitrogens with zero attached hydrogens (tertiary/aromatic N) is 1. The van der Waals surface area contributed by atoms with Gasteiger partial charge in [-0.15, -0.1) is 0 Å². The van der Waals surface area contributed by atoms with Gasteiger partial charge in [-0.3, -0.25) is 9.59 Å². The molecule has 0 atom stereocenters. The van der Waals surface area contributed by atoms with Gasteiger partial charge < -0.3 is 15.2 Å². The summed E-state index contributed by atoms with van der Waals surface area (Å²) >= 11 is 1.49. The predicted octanol–water partition coefficient (Wildman–Crippen LogP) is 5.92. The lowest BCUT2D eigenvalue weighted by molar-refractivity contribution is -0.116. The molecule has 6 heteroatoms. The normalized spacial score (nSPS) is 11.7. The topological polar surface area (TPSA) is 63.1 Å². The lowest BCUT2D eigenvalue weighted by Crippen LogP contribution is -2.21. The average Bonchev–Trinajstić information content (AvgIpc) is 3.14. The predicted molar refractivity (Wildman–Crippen MR) is 130 cm³/mol. The molecule has 0 saturated heterocycles. The Labute approximate surface area is 187 Å². The first-order valence-electron chi connectivity index (χ1n) is 10.3. The highest BCUT2D eigenvalue weighted by Gasteiger charge is 2.17. The van der Waals surface area contributed by atoms with Gasteiger partial charge in [0.25, 0.3) is 5.91 Å². The fraction of sp³-hybridized carbons (Fsp3) is 0.200. The zero-order valence-electron chi connectivity index (χ0n) is 17.8. The van der Waals surface area contributed by atoms with Crippen LogP contribution < -0.4 is 10.6 Å². The summed E-state index contributed by atoms with van der Waals surface area (Å²) in [5.74, 6) is -0.330. The number of rotatable bonds is 9. The molecule has 3 rings (SSSR count). The van der Waals surface area contributed by atoms with Crippen molar-refractivity contribution in [3.8, 4) is 0 Å². The molecule has 0 spiro atoms. The van der Waals surface area contributed by atoms with Crippen molar-refractivity contribution in [3.63, 3.8) is 0 Å². The first-order chi connectivity index (χ1) is 15.1. The Bertz CT molecular complexity index is 1100. The molecule has 0 aliphatic carbocycles. The third kappa shape index (κ3) is 6.12. The van der Waals surface area contributed by atoms with Gasteiger partial charge in [0, 0.05) is 22.8 Å². The molecule has 2 amide bonds. The fourth-order valence-electron chi connectivity index (χ4n) is 3.16. The van der Waals surface area contributed by atoms with E-state index in [-0.39, 0.29) is 18.4 Å². The van der Waals surface area contributed by atoms with Crippen molar-refractivity contribution in [2.75, 3.05) is 5.32 Å². The number of hydrogen-bond donors (Lipinski definition) is 2. The van der Waals surface area contributed by atoms with E-state index >= 15 is 0 Å². The molecule has 0 radical (unpaired) electrons. The van der Waals surface area contributed by atoms with Crippen molar-refractivity contribution in [2.45, 2.75) is 33.2 Å². The molecule has 0 bridgehead atoms. The highest BCUT2D eigenvalue weighted by Crippen LogP contribution is 2.23. The van der Waals surface area contributed by atoms with Gasteiger partial charge in [-0.1, -0.05) is 73.7 Å². The standard InChI is InChI=1S/C25H27N3O2S/c1-3-5-15-24(31-16-4-2)27-25(30)21-17-28(22-14-10-9-13-20(21)22)18-23(29)26-19-11-7-6-8-12-19/h4,6-17H,3,5,18H2,1-2H3,(H,26,29)(H,27,30)/b16-4-,24-15+. The van der Waals surface area contributed by atoms with Crippen LogP contribution in [0.1, 0.15) is 37.0 Å². The van der Waals surface area contributed by atoms with E-state index in [0.29, 0.717) is 5.56 Å². The molecule has 160 valence electrons. The highest BCUT2D eigenvalue weighted by atomic mass is 32.2. The average molecular weight is 434 g/mol. The molecule has 1 heterocycles. The summed E-state index contributed by atoms with van der Waals surface area (Å²) in [4.78, 5) is 25.6. The van der Waals surface area contributed by atoms with Crippen LogP contribution in [-0.2, 0) is 11.3 Å². The molecule has 0 saturated carbocycles. The maximum Gasteiger partial charge on any atom is 0.258 e. The number of fused-ring (bicyclic) bond motifs is 1. The molecule has 0 aliphatic rings. The van der Waals surface area contributed by atoms with E-state index in [1.54, 1.807) is 6.20 Å². The largest absolute Gasteiger partial charge is 0.337 e. The second kappa shape index (κ2) is 11.2. The van der Waals surface area contributed by atoms with Crippen molar-refractivity contribution in [2.24, 2.45) is 0 Å². The number of hydrogen-bond acceptors (Lipinski definition) is 3. The SMILES string of the molecule is C/C=C\S/C(=C/CCC)NC(=O)c1cn(CC(=O)Nc2ccccc2)c2ccccc12. The number of nitrogens with one attached hydrogen (secondary N) is 2. The number of amides is 2. The second-order valence-corrected chi connectivity index (χ2v) is 7.95. The zero-order chi connectivity index (χ0) is 22.1. The number of allylic oxidation sites excluding steroid dienone is 2. The van der Waals surface area contributed by atoms with E-state index in [1.807, 2.05) is 83.6 Å². The molecule has 31 heavy (non-hydrogen) atoms. The summed E-state index contributed by atoms with van der Waals surface area (Å²) in [5.41, 5.74) is 2.14. The quantitative estimate of drug-likeness (QED) is 0.440. The van der Waals surface area contributed by atoms with Crippen LogP contribution in [0.2, 0.25) is 0 Å². The van der Waals surface area contributed by atoms with E-state index in [4.69, 9.17) is 0 Å². The number of carbonyl (C=O) groups excluding carboxylic acids is 2. The molecule has 2 N–H and O–H groups in total. The number of anilines is 1. The Morgan fingerprint density at radius 3 is 2.55 bits per heavy atom. The molecule has 0 unspecified atom stereocenters. The summed E-state index contributed by atoms with van der Waals surface area (Å²) in [5, 5.41) is 9.48. The van der Waals surface area contributed by atoms with Crippen molar-refractivity contribution >= 4 is 40.2 Å². The monoisotopic (exact) mass is 433 g/mol. The third-order valence-corrected chi connectivity index (χ3v) is 5.52. The summed E-state index contributed by atoms with van der Waals surface area (Å²) in [6.07, 6.45) is 7.62. The van der Waals surface area contributed by atoms with Crippen LogP contribution in [0.5, 0.6) is 0 Å². The highest BCUT2D eigenvalue weighted by molar-refractivity contribution is 8.05. The van der Waals surface area contributed by atoms with Crippen LogP contribution in [0.4, 0.5) is 5.69 Å². The van der Waals surface area contributed by atoms with Crippen LogP contribution >= 0.6 is 11.8 Å². The minimum Gasteiger partial charge on any atom is -0.337 e. The van der Waals surface area contributed by atoms with Crippen molar-refractivity contribution in [1.29, 1.82) is 0 Å². The molecular weight excluding hydrogens is 406 g/mol. The molecule has 0 fully saturated rings. The van der Waals surface area contributed by atoms with Crippen LogP contribution in [0.15, 0.2) is 83.4 Å². The number of carbonyl (C=O) groups is 2. The number of para-hydroxylation sites is 2. The van der Waals surface area contributed by atoms with Gasteiger partial charge in [0.1, 0.15) is 6.54 Å². The van der Waals surface area contributed by atoms with Crippen molar-refractivity contribution in [1.82, 2.24) is 9.88 Å². The van der Waals surface area contributed by atoms with Crippen molar-refractivity contribution < 1.29 is 9.59 Å². The number of unbranched alkanes of at least 4 members (excludes halogenated alkanes) is 1. The van der Waals surface area contributed by atoms with Crippen molar-refractivity contribution in [3.05, 3.63) is 88.9 Å². The molecular formula is C25H27N3O2S. The maximum atomic E-state index is 13.1. The van der Waals surface area contributed by atoms with Gasteiger partial charge in [-0.05, 0) is 37.0 Å². The van der Waals surface area contributed by atoms with Crippen LogP contribution in [0, 0.1) is 0 Å². The van der Waals surface area contributed by atoms with Crippen LogP contribution in [-0.4, -0.2) is 16.4 Å². The number of aromatic nitrogens is 1. The minimum absolute atomic E-state index is 0.120. The molecule has 3 aromatic rings. The lowest BCUT2D eigenvalue weighted by Gasteiger charge is -2.07. The Hall–Kier alpha value is -3.25. The lowest BCUT2D eigenvalue weighted by atomic mass is 10.1. The van der Waals surface area contributed by atoms with E-state index in [0.717, 1.165) is 34.5 Å². The van der Waals surface area contributed by atoms with E-state index < -0.39 is 0 Å². The fourth-order valence-corrected chi connectivity index (χ4v) is 3.81. The third-order valence-electron chi connectivity index (χ3n) is 4.59. The van der Waals surface area contributed by atoms with E-state index in [1.165, 1.54) is 11.8 Å². The number of benzene rings is 2. The van der Waals surface area contributed by atoms with Crippen LogP contribution in [0.3, 0.4) is 0 Å². The van der Waals surface area contributed by atoms with E-state index in [9.17, 15) is 9.59 Å². The van der Waals surface area contributed by atoms with Gasteiger partial charge in [0.2, 0.25) is 5.91 Å². The zero-order valence-corrected chi connectivity index (χ0v) is 18.6. The Morgan fingerprint density at radius 2 is 1.81 bits per heavy atom. The van der Waals surface area contributed by atoms with Gasteiger partial charge in [0.15, 0.2) is 0 Å². The number of thioether (sulfide) groups is 1. The second-order valence-electron chi connectivity index (χ2n) is 7.00. The Balaban J connectivity index is 1.83. The summed E-state index contributed by atoms with van der Waals surface area (Å²) in [6, 6.07) is 17.0. The maximum absolute atomic E-state index is 13.1. The van der Waals surface area contributed by atoms with Gasteiger partial charge in [-0.2, -0.15) is 0 Å². The first-order valence-corrected chi connectivity index (χ1v) is 11.2. The molecule has 1 aromatic heterocycles. The summed E-state index contributed by atoms with van der Waals surface area (Å²) in [6.45, 7) is 4.17. The summed E-state index contributed by atoms with van der Waals surface area (Å²) < 4.78 is 1.82. The first kappa shape index (κ1) is 22.4. The van der Waals surface area contributed by atoms with Gasteiger partial charge in [0.05, 0.1) is 10.6 Å². The Kier molecular flexibility index (Phi) is 8.12. The summed E-state index contributed by atoms with van der Waals surface area (Å²) in [7, 11) is 0. The Morgan fingerprint density at radius 1 is 1.06 bits per heavy atom. The van der Waals surface area contributed by atoms with E-state index in [2.05, 4.69) is 17.6 Å².